The van der Waals surface area contributed by atoms with Crippen LogP contribution < -0.4 is 11.0 Å². The second kappa shape index (κ2) is 6.65. The van der Waals surface area contributed by atoms with Crippen molar-refractivity contribution in [3.05, 3.63) is 55.7 Å². The standard InChI is InChI=1S/C13H9BrClN5O2S/c14-8-3-4-10(9(15)6-8)16-11(21)7-19-13(22)20(18-17-19)12-2-1-5-23-12/h1-6H,7H2,(H,16,21). The van der Waals surface area contributed by atoms with Crippen LogP contribution in [0.4, 0.5) is 5.69 Å². The molecule has 1 amide bonds. The van der Waals surface area contributed by atoms with Crippen molar-refractivity contribution in [1.82, 2.24) is 19.8 Å². The number of aromatic nitrogens is 4. The summed E-state index contributed by atoms with van der Waals surface area (Å²) in [5.41, 5.74) is -0.0249. The van der Waals surface area contributed by atoms with Gasteiger partial charge in [0.05, 0.1) is 10.7 Å². The van der Waals surface area contributed by atoms with Gasteiger partial charge in [-0.3, -0.25) is 4.79 Å². The predicted molar refractivity (Wildman–Crippen MR) is 91.3 cm³/mol. The molecule has 0 aliphatic rings. The van der Waals surface area contributed by atoms with Crippen molar-refractivity contribution < 1.29 is 4.79 Å². The molecule has 7 nitrogen and oxygen atoms in total. The third kappa shape index (κ3) is 3.52. The van der Waals surface area contributed by atoms with Crippen LogP contribution in [0.25, 0.3) is 5.00 Å². The molecule has 1 N–H and O–H groups in total. The van der Waals surface area contributed by atoms with Gasteiger partial charge in [0.1, 0.15) is 11.5 Å². The first-order chi connectivity index (χ1) is 11.0. The maximum Gasteiger partial charge on any atom is 0.369 e. The number of carbonyl (C=O) groups excluding carboxylic acids is 1. The van der Waals surface area contributed by atoms with Gasteiger partial charge >= 0.3 is 5.69 Å². The smallest absolute Gasteiger partial charge is 0.323 e. The van der Waals surface area contributed by atoms with Gasteiger partial charge in [-0.25, -0.2) is 4.79 Å². The monoisotopic (exact) mass is 413 g/mol. The molecule has 0 saturated heterocycles. The van der Waals surface area contributed by atoms with E-state index in [9.17, 15) is 9.59 Å². The maximum atomic E-state index is 12.2. The lowest BCUT2D eigenvalue weighted by Gasteiger charge is -2.06. The first kappa shape index (κ1) is 15.9. The van der Waals surface area contributed by atoms with Crippen LogP contribution in [-0.4, -0.2) is 25.7 Å². The molecule has 0 unspecified atom stereocenters. The Bertz CT molecular complexity index is 905. The van der Waals surface area contributed by atoms with E-state index >= 15 is 0 Å². The van der Waals surface area contributed by atoms with Crippen LogP contribution in [0.3, 0.4) is 0 Å². The Morgan fingerprint density at radius 2 is 2.17 bits per heavy atom. The van der Waals surface area contributed by atoms with Crippen molar-refractivity contribution in [2.45, 2.75) is 6.54 Å². The summed E-state index contributed by atoms with van der Waals surface area (Å²) in [5.74, 6) is -0.422. The molecule has 0 bridgehead atoms. The topological polar surface area (TPSA) is 81.8 Å². The molecule has 2 heterocycles. The SMILES string of the molecule is O=C(Cn1nnn(-c2cccs2)c1=O)Nc1ccc(Br)cc1Cl. The number of anilines is 1. The Kier molecular flexibility index (Phi) is 4.60. The summed E-state index contributed by atoms with van der Waals surface area (Å²) in [7, 11) is 0. The fraction of sp³-hybridized carbons (Fsp3) is 0.0769. The molecule has 0 saturated carbocycles. The van der Waals surface area contributed by atoms with E-state index in [1.165, 1.54) is 11.3 Å². The number of thiophene rings is 1. The highest BCUT2D eigenvalue weighted by Gasteiger charge is 2.13. The minimum atomic E-state index is -0.482. The number of nitrogens with one attached hydrogen (secondary N) is 1. The van der Waals surface area contributed by atoms with Crippen LogP contribution in [0.5, 0.6) is 0 Å². The van der Waals surface area contributed by atoms with Crippen molar-refractivity contribution >= 4 is 50.5 Å². The third-order valence-electron chi connectivity index (χ3n) is 2.85. The molecule has 0 fully saturated rings. The number of benzene rings is 1. The van der Waals surface area contributed by atoms with E-state index in [0.717, 1.165) is 13.8 Å². The van der Waals surface area contributed by atoms with E-state index < -0.39 is 11.6 Å². The number of nitrogens with zero attached hydrogens (tertiary/aromatic N) is 4. The number of hydrogen-bond donors (Lipinski definition) is 1. The summed E-state index contributed by atoms with van der Waals surface area (Å²) >= 11 is 10.7. The first-order valence-electron chi connectivity index (χ1n) is 6.36. The second-order valence-electron chi connectivity index (χ2n) is 4.45. The van der Waals surface area contributed by atoms with E-state index in [1.807, 2.05) is 5.38 Å². The Labute approximate surface area is 147 Å². The van der Waals surface area contributed by atoms with Gasteiger partial charge in [-0.1, -0.05) is 27.5 Å². The number of amides is 1. The Hall–Kier alpha value is -1.97. The molecule has 0 aliphatic carbocycles. The number of hydrogen-bond acceptors (Lipinski definition) is 5. The lowest BCUT2D eigenvalue weighted by molar-refractivity contribution is -0.117. The van der Waals surface area contributed by atoms with E-state index in [0.29, 0.717) is 15.7 Å². The molecule has 0 atom stereocenters. The minimum Gasteiger partial charge on any atom is -0.323 e. The molecule has 23 heavy (non-hydrogen) atoms. The third-order valence-corrected chi connectivity index (χ3v) is 4.50. The number of tetrazole rings is 1. The van der Waals surface area contributed by atoms with Crippen LogP contribution in [0.15, 0.2) is 45.0 Å². The highest BCUT2D eigenvalue weighted by molar-refractivity contribution is 9.10. The first-order valence-corrected chi connectivity index (χ1v) is 8.41. The molecule has 0 aliphatic heterocycles. The van der Waals surface area contributed by atoms with E-state index in [-0.39, 0.29) is 6.54 Å². The van der Waals surface area contributed by atoms with Gasteiger partial charge in [-0.05, 0) is 46.1 Å². The van der Waals surface area contributed by atoms with Crippen LogP contribution in [-0.2, 0) is 11.3 Å². The lowest BCUT2D eigenvalue weighted by atomic mass is 10.3. The zero-order valence-corrected chi connectivity index (χ0v) is 14.6. The van der Waals surface area contributed by atoms with Crippen molar-refractivity contribution in [2.24, 2.45) is 0 Å². The van der Waals surface area contributed by atoms with Gasteiger partial charge in [0.25, 0.3) is 0 Å². The zero-order chi connectivity index (χ0) is 16.4. The van der Waals surface area contributed by atoms with Crippen LogP contribution >= 0.6 is 38.9 Å². The summed E-state index contributed by atoms with van der Waals surface area (Å²) in [5, 5.41) is 13.0. The molecule has 0 radical (unpaired) electrons. The lowest BCUT2D eigenvalue weighted by Crippen LogP contribution is -2.29. The zero-order valence-electron chi connectivity index (χ0n) is 11.4. The summed E-state index contributed by atoms with van der Waals surface area (Å²) in [4.78, 5) is 24.2. The molecule has 3 aromatic rings. The Morgan fingerprint density at radius 3 is 2.87 bits per heavy atom. The maximum absolute atomic E-state index is 12.2. The highest BCUT2D eigenvalue weighted by atomic mass is 79.9. The number of rotatable bonds is 4. The van der Waals surface area contributed by atoms with Gasteiger partial charge in [-0.15, -0.1) is 11.3 Å². The van der Waals surface area contributed by atoms with Crippen LogP contribution in [0.1, 0.15) is 0 Å². The van der Waals surface area contributed by atoms with E-state index in [2.05, 4.69) is 31.7 Å². The van der Waals surface area contributed by atoms with E-state index in [4.69, 9.17) is 11.6 Å². The molecule has 0 spiro atoms. The van der Waals surface area contributed by atoms with Crippen molar-refractivity contribution in [2.75, 3.05) is 5.32 Å². The molecule has 118 valence electrons. The van der Waals surface area contributed by atoms with Gasteiger partial charge in [0.2, 0.25) is 5.91 Å². The van der Waals surface area contributed by atoms with Crippen molar-refractivity contribution in [1.29, 1.82) is 0 Å². The van der Waals surface area contributed by atoms with Crippen LogP contribution in [0, 0.1) is 0 Å². The summed E-state index contributed by atoms with van der Waals surface area (Å²) in [6, 6.07) is 8.62. The average Bonchev–Trinajstić information content (AvgIpc) is 3.13. The summed E-state index contributed by atoms with van der Waals surface area (Å²) < 4.78 is 2.93. The molecule has 10 heteroatoms. The number of carbonyl (C=O) groups is 1. The molecular formula is C13H9BrClN5O2S. The molecular weight excluding hydrogens is 406 g/mol. The molecule has 1 aromatic carbocycles. The minimum absolute atomic E-state index is 0.253. The quantitative estimate of drug-likeness (QED) is 0.711. The van der Waals surface area contributed by atoms with Gasteiger partial charge in [0.15, 0.2) is 0 Å². The average molecular weight is 415 g/mol. The van der Waals surface area contributed by atoms with Gasteiger partial charge < -0.3 is 5.32 Å². The normalized spacial score (nSPS) is 10.7. The largest absolute Gasteiger partial charge is 0.369 e. The van der Waals surface area contributed by atoms with Gasteiger partial charge in [0, 0.05) is 4.47 Å². The fourth-order valence-corrected chi connectivity index (χ4v) is 3.21. The summed E-state index contributed by atoms with van der Waals surface area (Å²) in [6.45, 7) is -0.253. The predicted octanol–water partition coefficient (Wildman–Crippen LogP) is 2.55. The van der Waals surface area contributed by atoms with Gasteiger partial charge in [-0.2, -0.15) is 9.36 Å². The Morgan fingerprint density at radius 1 is 1.35 bits per heavy atom. The fourth-order valence-electron chi connectivity index (χ4n) is 1.82. The summed E-state index contributed by atoms with van der Waals surface area (Å²) in [6.07, 6.45) is 0. The molecule has 3 rings (SSSR count). The second-order valence-corrected chi connectivity index (χ2v) is 6.70. The van der Waals surface area contributed by atoms with Crippen LogP contribution in [0.2, 0.25) is 5.02 Å². The number of halogens is 2. The highest BCUT2D eigenvalue weighted by Crippen LogP contribution is 2.25. The Balaban J connectivity index is 1.75. The van der Waals surface area contributed by atoms with E-state index in [1.54, 1.807) is 30.3 Å². The van der Waals surface area contributed by atoms with Crippen molar-refractivity contribution in [3.8, 4) is 5.00 Å². The molecule has 2 aromatic heterocycles. The van der Waals surface area contributed by atoms with Crippen molar-refractivity contribution in [3.63, 3.8) is 0 Å².